The third-order valence-corrected chi connectivity index (χ3v) is 4.85. The molecule has 0 bridgehead atoms. The summed E-state index contributed by atoms with van der Waals surface area (Å²) in [6, 6.07) is 11.5. The Labute approximate surface area is 151 Å². The van der Waals surface area contributed by atoms with Crippen LogP contribution < -0.4 is 5.32 Å². The van der Waals surface area contributed by atoms with Crippen LogP contribution in [0, 0.1) is 0 Å². The van der Waals surface area contributed by atoms with Gasteiger partial charge in [-0.25, -0.2) is 9.36 Å². The van der Waals surface area contributed by atoms with E-state index in [1.807, 2.05) is 41.1 Å². The van der Waals surface area contributed by atoms with Crippen molar-refractivity contribution < 1.29 is 4.79 Å². The smallest absolute Gasteiger partial charge is 0.250 e. The molecule has 1 aliphatic carbocycles. The second-order valence-corrected chi connectivity index (χ2v) is 6.58. The maximum Gasteiger partial charge on any atom is 0.250 e. The zero-order valence-electron chi connectivity index (χ0n) is 14.4. The Morgan fingerprint density at radius 2 is 2.00 bits per heavy atom. The van der Waals surface area contributed by atoms with Gasteiger partial charge in [-0.05, 0) is 28.8 Å². The summed E-state index contributed by atoms with van der Waals surface area (Å²) < 4.78 is 3.43. The van der Waals surface area contributed by atoms with E-state index in [0.29, 0.717) is 12.5 Å². The van der Waals surface area contributed by atoms with Gasteiger partial charge >= 0.3 is 0 Å². The lowest BCUT2D eigenvalue weighted by atomic mass is 10.1. The van der Waals surface area contributed by atoms with Crippen LogP contribution in [0.15, 0.2) is 48.9 Å². The predicted molar refractivity (Wildman–Crippen MR) is 95.4 cm³/mol. The van der Waals surface area contributed by atoms with Crippen molar-refractivity contribution in [1.82, 2.24) is 30.0 Å². The Hall–Kier alpha value is -3.03. The molecule has 4 rings (SSSR count). The number of nitrogens with one attached hydrogen (secondary N) is 1. The number of nitrogens with zero attached hydrogens (tertiary/aromatic N) is 6. The van der Waals surface area contributed by atoms with Gasteiger partial charge in [0.15, 0.2) is 0 Å². The lowest BCUT2D eigenvalue weighted by Gasteiger charge is -2.19. The minimum Gasteiger partial charge on any atom is -0.309 e. The summed E-state index contributed by atoms with van der Waals surface area (Å²) in [5, 5.41) is 18.7. The van der Waals surface area contributed by atoms with Gasteiger partial charge in [0.05, 0.1) is 12.2 Å². The van der Waals surface area contributed by atoms with Crippen LogP contribution in [0.3, 0.4) is 0 Å². The fourth-order valence-electron chi connectivity index (χ4n) is 3.52. The lowest BCUT2D eigenvalue weighted by molar-refractivity contribution is -0.119. The molecule has 1 atom stereocenters. The quantitative estimate of drug-likeness (QED) is 0.736. The molecule has 8 heteroatoms. The highest BCUT2D eigenvalue weighted by Crippen LogP contribution is 2.31. The van der Waals surface area contributed by atoms with Crippen LogP contribution in [-0.4, -0.2) is 35.9 Å². The minimum absolute atomic E-state index is 0.152. The van der Waals surface area contributed by atoms with Crippen LogP contribution in [0.25, 0.3) is 0 Å². The molecule has 2 aromatic heterocycles. The van der Waals surface area contributed by atoms with E-state index in [-0.39, 0.29) is 5.91 Å². The van der Waals surface area contributed by atoms with E-state index in [1.165, 1.54) is 23.9 Å². The first kappa shape index (κ1) is 16.4. The van der Waals surface area contributed by atoms with Crippen LogP contribution in [-0.2, 0) is 11.2 Å². The molecule has 26 heavy (non-hydrogen) atoms. The average Bonchev–Trinajstić information content (AvgIpc) is 3.41. The second-order valence-electron chi connectivity index (χ2n) is 6.58. The second kappa shape index (κ2) is 7.47. The third-order valence-electron chi connectivity index (χ3n) is 4.85. The number of hydrogen-bond acceptors (Lipinski definition) is 5. The number of tetrazole rings is 1. The predicted octanol–water partition coefficient (Wildman–Crippen LogP) is 2.41. The van der Waals surface area contributed by atoms with E-state index in [9.17, 15) is 4.79 Å². The topological polar surface area (TPSA) is 90.5 Å². The molecule has 2 heterocycles. The van der Waals surface area contributed by atoms with E-state index >= 15 is 0 Å². The maximum absolute atomic E-state index is 13.0. The molecule has 1 N–H and O–H groups in total. The van der Waals surface area contributed by atoms with Gasteiger partial charge in [-0.3, -0.25) is 4.79 Å². The largest absolute Gasteiger partial charge is 0.309 e. The summed E-state index contributed by atoms with van der Waals surface area (Å²) in [5.41, 5.74) is 1.05. The molecular formula is C18H21N7O. The van der Waals surface area contributed by atoms with Gasteiger partial charge in [0.1, 0.15) is 18.2 Å². The standard InChI is InChI=1S/C18H21N7O/c26-18(21-17-10-11-20-25(17)15-8-4-5-9-15)16(24-13-19-22-23-24)12-14-6-2-1-3-7-14/h1-3,6-7,10-11,13,15-16H,4-5,8-9,12H2,(H,21,26). The summed E-state index contributed by atoms with van der Waals surface area (Å²) in [5.74, 6) is 0.578. The van der Waals surface area contributed by atoms with Crippen LogP contribution in [0.2, 0.25) is 0 Å². The van der Waals surface area contributed by atoms with E-state index in [0.717, 1.165) is 24.2 Å². The number of anilines is 1. The fourth-order valence-corrected chi connectivity index (χ4v) is 3.52. The molecule has 0 radical (unpaired) electrons. The van der Waals surface area contributed by atoms with Crippen molar-refractivity contribution in [3.05, 3.63) is 54.5 Å². The summed E-state index contributed by atoms with van der Waals surface area (Å²) in [4.78, 5) is 13.0. The molecule has 3 aromatic rings. The molecule has 1 aromatic carbocycles. The number of carbonyl (C=O) groups is 1. The van der Waals surface area contributed by atoms with Crippen molar-refractivity contribution in [2.45, 2.75) is 44.2 Å². The minimum atomic E-state index is -0.528. The van der Waals surface area contributed by atoms with Gasteiger partial charge < -0.3 is 5.32 Å². The van der Waals surface area contributed by atoms with E-state index in [4.69, 9.17) is 0 Å². The highest BCUT2D eigenvalue weighted by molar-refractivity contribution is 5.93. The van der Waals surface area contributed by atoms with Crippen molar-refractivity contribution in [2.75, 3.05) is 5.32 Å². The summed E-state index contributed by atoms with van der Waals surface area (Å²) in [6.07, 6.45) is 8.34. The Kier molecular flexibility index (Phi) is 4.72. The Morgan fingerprint density at radius 1 is 1.19 bits per heavy atom. The number of carbonyl (C=O) groups excluding carboxylic acids is 1. The SMILES string of the molecule is O=C(Nc1ccnn1C1CCCC1)C(Cc1ccccc1)n1cnnn1. The summed E-state index contributed by atoms with van der Waals surface area (Å²) in [6.45, 7) is 0. The van der Waals surface area contributed by atoms with Gasteiger partial charge in [0.25, 0.3) is 5.91 Å². The Balaban J connectivity index is 1.54. The van der Waals surface area contributed by atoms with Crippen LogP contribution in [0.4, 0.5) is 5.82 Å². The molecule has 134 valence electrons. The summed E-state index contributed by atoms with van der Waals surface area (Å²) >= 11 is 0. The molecule has 0 aliphatic heterocycles. The van der Waals surface area contributed by atoms with Crippen LogP contribution in [0.5, 0.6) is 0 Å². The molecule has 8 nitrogen and oxygen atoms in total. The van der Waals surface area contributed by atoms with Gasteiger partial charge in [-0.2, -0.15) is 5.10 Å². The normalized spacial score (nSPS) is 15.8. The maximum atomic E-state index is 13.0. The van der Waals surface area contributed by atoms with Crippen molar-refractivity contribution >= 4 is 11.7 Å². The molecule has 1 aliphatic rings. The van der Waals surface area contributed by atoms with Crippen molar-refractivity contribution in [2.24, 2.45) is 0 Å². The third kappa shape index (κ3) is 3.49. The van der Waals surface area contributed by atoms with Crippen molar-refractivity contribution in [3.8, 4) is 0 Å². The van der Waals surface area contributed by atoms with Crippen molar-refractivity contribution in [1.29, 1.82) is 0 Å². The van der Waals surface area contributed by atoms with Crippen LogP contribution in [0.1, 0.15) is 43.3 Å². The van der Waals surface area contributed by atoms with Crippen molar-refractivity contribution in [3.63, 3.8) is 0 Å². The average molecular weight is 351 g/mol. The van der Waals surface area contributed by atoms with Gasteiger partial charge in [0, 0.05) is 12.5 Å². The Bertz CT molecular complexity index is 838. The highest BCUT2D eigenvalue weighted by Gasteiger charge is 2.25. The molecule has 1 fully saturated rings. The van der Waals surface area contributed by atoms with E-state index < -0.39 is 6.04 Å². The number of amides is 1. The molecule has 1 saturated carbocycles. The molecule has 0 spiro atoms. The fraction of sp³-hybridized carbons (Fsp3) is 0.389. The molecule has 1 amide bonds. The zero-order valence-corrected chi connectivity index (χ0v) is 14.4. The van der Waals surface area contributed by atoms with Gasteiger partial charge in [0.2, 0.25) is 0 Å². The van der Waals surface area contributed by atoms with Gasteiger partial charge in [-0.1, -0.05) is 43.2 Å². The van der Waals surface area contributed by atoms with Crippen LogP contribution >= 0.6 is 0 Å². The first-order chi connectivity index (χ1) is 12.8. The molecular weight excluding hydrogens is 330 g/mol. The zero-order chi connectivity index (χ0) is 17.8. The first-order valence-corrected chi connectivity index (χ1v) is 8.92. The number of rotatable bonds is 6. The van der Waals surface area contributed by atoms with Gasteiger partial charge in [-0.15, -0.1) is 5.10 Å². The van der Waals surface area contributed by atoms with E-state index in [1.54, 1.807) is 6.20 Å². The molecule has 0 saturated heterocycles. The highest BCUT2D eigenvalue weighted by atomic mass is 16.2. The van der Waals surface area contributed by atoms with E-state index in [2.05, 4.69) is 25.9 Å². The number of hydrogen-bond donors (Lipinski definition) is 1. The lowest BCUT2D eigenvalue weighted by Crippen LogP contribution is -2.29. The number of aromatic nitrogens is 6. The molecule has 1 unspecified atom stereocenters. The first-order valence-electron chi connectivity index (χ1n) is 8.92. The monoisotopic (exact) mass is 351 g/mol. The number of benzene rings is 1. The Morgan fingerprint density at radius 3 is 2.73 bits per heavy atom. The summed E-state index contributed by atoms with van der Waals surface area (Å²) in [7, 11) is 0.